The lowest BCUT2D eigenvalue weighted by Crippen LogP contribution is -2.23. The van der Waals surface area contributed by atoms with Crippen molar-refractivity contribution in [3.63, 3.8) is 0 Å². The molecule has 0 aliphatic heterocycles. The minimum atomic E-state index is -0.0668. The topological polar surface area (TPSA) is 64.1 Å². The first-order valence-electron chi connectivity index (χ1n) is 11.3. The van der Waals surface area contributed by atoms with Crippen LogP contribution in [0.1, 0.15) is 62.2 Å². The maximum Gasteiger partial charge on any atom is 0.261 e. The average Bonchev–Trinajstić information content (AvgIpc) is 3.62. The number of carbonyl (C=O) groups excluding carboxylic acids is 1. The molecule has 0 saturated heterocycles. The Bertz CT molecular complexity index is 1300. The molecule has 5 nitrogen and oxygen atoms in total. The van der Waals surface area contributed by atoms with E-state index >= 15 is 0 Å². The maximum atomic E-state index is 13.1. The number of aromatic nitrogens is 2. The number of amides is 1. The second-order valence-corrected chi connectivity index (χ2v) is 9.61. The molecule has 0 unspecified atom stereocenters. The fraction of sp³-hybridized carbons (Fsp3) is 0.296. The molecule has 0 atom stereocenters. The van der Waals surface area contributed by atoms with Crippen LogP contribution >= 0.6 is 11.3 Å². The van der Waals surface area contributed by atoms with Crippen LogP contribution in [-0.2, 0) is 24.5 Å². The zero-order valence-electron chi connectivity index (χ0n) is 18.9. The molecule has 168 valence electrons. The van der Waals surface area contributed by atoms with Gasteiger partial charge in [0.2, 0.25) is 0 Å². The van der Waals surface area contributed by atoms with Gasteiger partial charge in [0, 0.05) is 17.8 Å². The Morgan fingerprint density at radius 2 is 1.73 bits per heavy atom. The van der Waals surface area contributed by atoms with Crippen LogP contribution in [0, 0.1) is 13.8 Å². The van der Waals surface area contributed by atoms with E-state index in [0.717, 1.165) is 56.8 Å². The molecule has 33 heavy (non-hydrogen) atoms. The molecule has 5 rings (SSSR count). The van der Waals surface area contributed by atoms with E-state index in [-0.39, 0.29) is 5.91 Å². The molecule has 2 heterocycles. The van der Waals surface area contributed by atoms with Crippen molar-refractivity contribution in [3.8, 4) is 0 Å². The Morgan fingerprint density at radius 3 is 2.48 bits per heavy atom. The Morgan fingerprint density at radius 1 is 1.00 bits per heavy atom. The highest BCUT2D eigenvalue weighted by atomic mass is 32.1. The van der Waals surface area contributed by atoms with Crippen LogP contribution < -0.4 is 5.32 Å². The number of thiophene rings is 1. The molecule has 0 bridgehead atoms. The van der Waals surface area contributed by atoms with Gasteiger partial charge in [-0.25, -0.2) is 9.97 Å². The molecule has 1 amide bonds. The van der Waals surface area contributed by atoms with Crippen LogP contribution in [0.4, 0.5) is 0 Å². The summed E-state index contributed by atoms with van der Waals surface area (Å²) in [6.45, 7) is 5.53. The van der Waals surface area contributed by atoms with Crippen LogP contribution in [0.3, 0.4) is 0 Å². The Labute approximate surface area is 197 Å². The second kappa shape index (κ2) is 9.41. The highest BCUT2D eigenvalue weighted by molar-refractivity contribution is 7.20. The fourth-order valence-electron chi connectivity index (χ4n) is 4.08. The highest BCUT2D eigenvalue weighted by Crippen LogP contribution is 2.40. The number of benzene rings is 2. The standard InChI is InChI=1S/C27H27N3O2S/c1-17-23-18(2)29-25(20-12-13-20)30-27(23)33-24(17)26(31)28-14-21-10-6-7-11-22(21)16-32-15-19-8-4-3-5-9-19/h3-11,20H,12-16H2,1-2H3,(H,28,31). The van der Waals surface area contributed by atoms with E-state index in [9.17, 15) is 4.79 Å². The molecular weight excluding hydrogens is 430 g/mol. The first-order valence-corrected chi connectivity index (χ1v) is 12.2. The van der Waals surface area contributed by atoms with Crippen molar-refractivity contribution in [2.24, 2.45) is 0 Å². The normalized spacial score (nSPS) is 13.4. The Kier molecular flexibility index (Phi) is 6.20. The van der Waals surface area contributed by atoms with E-state index in [0.29, 0.717) is 30.6 Å². The number of carbonyl (C=O) groups is 1. The van der Waals surface area contributed by atoms with Crippen molar-refractivity contribution in [1.29, 1.82) is 0 Å². The molecular formula is C27H27N3O2S. The smallest absolute Gasteiger partial charge is 0.261 e. The van der Waals surface area contributed by atoms with E-state index in [1.165, 1.54) is 11.3 Å². The molecule has 2 aromatic carbocycles. The van der Waals surface area contributed by atoms with E-state index in [1.54, 1.807) is 0 Å². The molecule has 1 saturated carbocycles. The quantitative estimate of drug-likeness (QED) is 0.361. The molecule has 1 aliphatic carbocycles. The third kappa shape index (κ3) is 4.82. The molecule has 1 fully saturated rings. The summed E-state index contributed by atoms with van der Waals surface area (Å²) < 4.78 is 5.92. The molecule has 0 radical (unpaired) electrons. The predicted molar refractivity (Wildman–Crippen MR) is 131 cm³/mol. The van der Waals surface area contributed by atoms with Crippen LogP contribution in [0.5, 0.6) is 0 Å². The van der Waals surface area contributed by atoms with E-state index in [2.05, 4.69) is 23.5 Å². The number of aryl methyl sites for hydroxylation is 2. The number of hydrogen-bond donors (Lipinski definition) is 1. The van der Waals surface area contributed by atoms with Gasteiger partial charge in [-0.2, -0.15) is 0 Å². The summed E-state index contributed by atoms with van der Waals surface area (Å²) in [5, 5.41) is 4.12. The minimum Gasteiger partial charge on any atom is -0.372 e. The number of hydrogen-bond acceptors (Lipinski definition) is 5. The Hall–Kier alpha value is -3.09. The predicted octanol–water partition coefficient (Wildman–Crippen LogP) is 5.83. The lowest BCUT2D eigenvalue weighted by atomic mass is 10.1. The van der Waals surface area contributed by atoms with Crippen LogP contribution in [0.2, 0.25) is 0 Å². The van der Waals surface area contributed by atoms with Gasteiger partial charge in [0.15, 0.2) is 0 Å². The number of nitrogens with one attached hydrogen (secondary N) is 1. The third-order valence-electron chi connectivity index (χ3n) is 6.06. The van der Waals surface area contributed by atoms with E-state index < -0.39 is 0 Å². The van der Waals surface area contributed by atoms with E-state index in [1.807, 2.05) is 50.2 Å². The van der Waals surface area contributed by atoms with Gasteiger partial charge in [0.1, 0.15) is 10.7 Å². The zero-order valence-corrected chi connectivity index (χ0v) is 19.7. The largest absolute Gasteiger partial charge is 0.372 e. The number of fused-ring (bicyclic) bond motifs is 1. The molecule has 1 aliphatic rings. The zero-order chi connectivity index (χ0) is 22.8. The van der Waals surface area contributed by atoms with Crippen molar-refractivity contribution in [2.75, 3.05) is 0 Å². The summed E-state index contributed by atoms with van der Waals surface area (Å²) in [6, 6.07) is 18.2. The van der Waals surface area contributed by atoms with Gasteiger partial charge in [0.25, 0.3) is 5.91 Å². The van der Waals surface area contributed by atoms with Gasteiger partial charge in [0.05, 0.1) is 23.8 Å². The summed E-state index contributed by atoms with van der Waals surface area (Å²) in [5.74, 6) is 1.36. The van der Waals surface area contributed by atoms with Crippen LogP contribution in [0.15, 0.2) is 54.6 Å². The monoisotopic (exact) mass is 457 g/mol. The molecule has 6 heteroatoms. The summed E-state index contributed by atoms with van der Waals surface area (Å²) in [5.41, 5.74) is 5.22. The fourth-order valence-corrected chi connectivity index (χ4v) is 5.24. The van der Waals surface area contributed by atoms with Gasteiger partial charge in [-0.15, -0.1) is 11.3 Å². The molecule has 4 aromatic rings. The summed E-state index contributed by atoms with van der Waals surface area (Å²) in [6.07, 6.45) is 2.33. The van der Waals surface area contributed by atoms with Crippen molar-refractivity contribution < 1.29 is 9.53 Å². The van der Waals surface area contributed by atoms with Crippen molar-refractivity contribution >= 4 is 27.5 Å². The first kappa shape index (κ1) is 21.7. The van der Waals surface area contributed by atoms with Gasteiger partial charge in [-0.05, 0) is 48.9 Å². The van der Waals surface area contributed by atoms with Gasteiger partial charge in [-0.3, -0.25) is 4.79 Å². The third-order valence-corrected chi connectivity index (χ3v) is 7.25. The maximum absolute atomic E-state index is 13.1. The lowest BCUT2D eigenvalue weighted by molar-refractivity contribution is 0.0951. The SMILES string of the molecule is Cc1nc(C2CC2)nc2sc(C(=O)NCc3ccccc3COCc3ccccc3)c(C)c12. The van der Waals surface area contributed by atoms with Crippen molar-refractivity contribution in [3.05, 3.63) is 93.2 Å². The van der Waals surface area contributed by atoms with Gasteiger partial charge < -0.3 is 10.1 Å². The van der Waals surface area contributed by atoms with Crippen LogP contribution in [-0.4, -0.2) is 15.9 Å². The van der Waals surface area contributed by atoms with Crippen molar-refractivity contribution in [1.82, 2.24) is 15.3 Å². The molecule has 1 N–H and O–H groups in total. The van der Waals surface area contributed by atoms with E-state index in [4.69, 9.17) is 14.7 Å². The number of nitrogens with zero attached hydrogens (tertiary/aromatic N) is 2. The van der Waals surface area contributed by atoms with Gasteiger partial charge >= 0.3 is 0 Å². The van der Waals surface area contributed by atoms with Crippen LogP contribution in [0.25, 0.3) is 10.2 Å². The molecule has 2 aromatic heterocycles. The first-order chi connectivity index (χ1) is 16.1. The van der Waals surface area contributed by atoms with Gasteiger partial charge in [-0.1, -0.05) is 54.6 Å². The summed E-state index contributed by atoms with van der Waals surface area (Å²) in [7, 11) is 0. The number of ether oxygens (including phenoxy) is 1. The molecule has 0 spiro atoms. The summed E-state index contributed by atoms with van der Waals surface area (Å²) in [4.78, 5) is 24.2. The number of rotatable bonds is 8. The lowest BCUT2D eigenvalue weighted by Gasteiger charge is -2.11. The highest BCUT2D eigenvalue weighted by Gasteiger charge is 2.28. The Balaban J connectivity index is 1.27. The summed E-state index contributed by atoms with van der Waals surface area (Å²) >= 11 is 1.47. The average molecular weight is 458 g/mol. The van der Waals surface area contributed by atoms with Crippen molar-refractivity contribution in [2.45, 2.75) is 52.4 Å². The minimum absolute atomic E-state index is 0.0668. The second-order valence-electron chi connectivity index (χ2n) is 8.61.